The molecule has 2 aliphatic heterocycles. The Labute approximate surface area is 228 Å². The van der Waals surface area contributed by atoms with Crippen LogP contribution in [0.15, 0.2) is 53.6 Å². The molecule has 1 aromatic carbocycles. The zero-order valence-corrected chi connectivity index (χ0v) is 21.1. The van der Waals surface area contributed by atoms with Gasteiger partial charge in [0.2, 0.25) is 11.8 Å². The van der Waals surface area contributed by atoms with Gasteiger partial charge in [0.05, 0.1) is 17.4 Å². The molecule has 14 heteroatoms. The highest BCUT2D eigenvalue weighted by Gasteiger charge is 2.54. The Morgan fingerprint density at radius 1 is 1.10 bits per heavy atom. The molecule has 1 saturated carbocycles. The largest absolute Gasteiger partial charge is 0.466 e. The molecular weight excluding hydrogens is 541 g/mol. The maximum Gasteiger partial charge on any atom is 0.262 e. The zero-order chi connectivity index (χ0) is 27.1. The molecule has 3 aliphatic rings. The lowest BCUT2D eigenvalue weighted by atomic mass is 10.0. The van der Waals surface area contributed by atoms with E-state index in [-0.39, 0.29) is 47.2 Å². The molecule has 0 radical (unpaired) electrons. The quantitative estimate of drug-likeness (QED) is 0.343. The van der Waals surface area contributed by atoms with E-state index in [9.17, 15) is 9.59 Å². The van der Waals surface area contributed by atoms with Crippen molar-refractivity contribution in [1.82, 2.24) is 39.7 Å². The molecule has 1 fully saturated rings. The number of pyridine rings is 2. The molecule has 0 spiro atoms. The van der Waals surface area contributed by atoms with Crippen molar-refractivity contribution in [2.24, 2.45) is 5.92 Å². The van der Waals surface area contributed by atoms with Crippen LogP contribution in [0.2, 0.25) is 5.02 Å². The van der Waals surface area contributed by atoms with Gasteiger partial charge in [-0.15, -0.1) is 5.10 Å². The van der Waals surface area contributed by atoms with Crippen molar-refractivity contribution in [1.29, 1.82) is 0 Å². The lowest BCUT2D eigenvalue weighted by Crippen LogP contribution is -2.26. The number of tetrazole rings is 1. The number of hydrogen-bond acceptors (Lipinski definition) is 8. The van der Waals surface area contributed by atoms with Crippen molar-refractivity contribution >= 4 is 23.2 Å². The first-order chi connectivity index (χ1) is 19.4. The summed E-state index contributed by atoms with van der Waals surface area (Å²) in [6.45, 7) is -0.170. The molecule has 0 bridgehead atoms. The van der Waals surface area contributed by atoms with Gasteiger partial charge in [0, 0.05) is 28.3 Å². The van der Waals surface area contributed by atoms with Crippen LogP contribution in [0, 0.1) is 11.9 Å². The summed E-state index contributed by atoms with van der Waals surface area (Å²) >= 11 is 6.32. The standard InChI is InChI=1S/C26H17ClFN9O3/c27-12-1-4-18(36-10-29-34-35-36)13(7-12)11-5-19-14-8-15(14)23(37(19)21(39)6-11)25-32-22(24(28)33-25)16-2-3-17-26(31-16)40-9-20(38)30-17/h1-7,10,14-15,23H,8-9H2,(H,30,38)(H,32,33). The number of nitrogens with one attached hydrogen (secondary N) is 2. The van der Waals surface area contributed by atoms with Gasteiger partial charge >= 0.3 is 0 Å². The maximum absolute atomic E-state index is 15.2. The summed E-state index contributed by atoms with van der Waals surface area (Å²) in [7, 11) is 0. The topological polar surface area (TPSA) is 146 Å². The Hall–Kier alpha value is -4.91. The summed E-state index contributed by atoms with van der Waals surface area (Å²) in [5, 5.41) is 14.6. The number of benzene rings is 1. The molecule has 40 heavy (non-hydrogen) atoms. The first kappa shape index (κ1) is 23.0. The number of imidazole rings is 1. The number of carbonyl (C=O) groups excluding carboxylic acids is 1. The number of rotatable bonds is 4. The highest BCUT2D eigenvalue weighted by atomic mass is 35.5. The Morgan fingerprint density at radius 2 is 2.00 bits per heavy atom. The van der Waals surface area contributed by atoms with Gasteiger partial charge in [-0.1, -0.05) is 11.6 Å². The summed E-state index contributed by atoms with van der Waals surface area (Å²) in [4.78, 5) is 36.8. The number of fused-ring (bicyclic) bond motifs is 4. The van der Waals surface area contributed by atoms with Crippen molar-refractivity contribution in [2.75, 3.05) is 11.9 Å². The van der Waals surface area contributed by atoms with Gasteiger partial charge in [0.1, 0.15) is 23.5 Å². The lowest BCUT2D eigenvalue weighted by molar-refractivity contribution is -0.118. The Morgan fingerprint density at radius 3 is 2.85 bits per heavy atom. The van der Waals surface area contributed by atoms with Crippen LogP contribution in [-0.4, -0.2) is 52.2 Å². The second-order valence-corrected chi connectivity index (χ2v) is 10.4. The molecule has 4 aromatic heterocycles. The summed E-state index contributed by atoms with van der Waals surface area (Å²) < 4.78 is 23.7. The van der Waals surface area contributed by atoms with E-state index >= 15 is 4.39 Å². The van der Waals surface area contributed by atoms with E-state index < -0.39 is 12.0 Å². The lowest BCUT2D eigenvalue weighted by Gasteiger charge is -2.18. The Bertz CT molecular complexity index is 1920. The molecule has 5 aromatic rings. The number of hydrogen-bond donors (Lipinski definition) is 2. The first-order valence-corrected chi connectivity index (χ1v) is 12.8. The third-order valence-corrected chi connectivity index (χ3v) is 7.78. The zero-order valence-electron chi connectivity index (χ0n) is 20.4. The maximum atomic E-state index is 15.2. The number of H-pyrrole nitrogens is 1. The number of anilines is 1. The van der Waals surface area contributed by atoms with Gasteiger partial charge in [0.15, 0.2) is 6.61 Å². The molecule has 1 aliphatic carbocycles. The molecule has 6 heterocycles. The first-order valence-electron chi connectivity index (χ1n) is 12.4. The van der Waals surface area contributed by atoms with E-state index in [0.29, 0.717) is 33.3 Å². The van der Waals surface area contributed by atoms with Crippen LogP contribution in [0.3, 0.4) is 0 Å². The summed E-state index contributed by atoms with van der Waals surface area (Å²) in [5.74, 6) is -0.161. The van der Waals surface area contributed by atoms with Crippen molar-refractivity contribution in [2.45, 2.75) is 18.4 Å². The molecule has 12 nitrogen and oxygen atoms in total. The summed E-state index contributed by atoms with van der Waals surface area (Å²) in [6.07, 6.45) is 2.33. The number of amides is 1. The van der Waals surface area contributed by atoms with E-state index in [1.165, 1.54) is 17.1 Å². The second-order valence-electron chi connectivity index (χ2n) is 9.91. The minimum atomic E-state index is -0.664. The van der Waals surface area contributed by atoms with Crippen LogP contribution in [0.1, 0.15) is 29.9 Å². The minimum absolute atomic E-state index is 0.0126. The normalized spacial score (nSPS) is 20.4. The number of carbonyl (C=O) groups is 1. The number of halogens is 2. The summed E-state index contributed by atoms with van der Waals surface area (Å²) in [5.41, 5.74) is 3.37. The number of aromatic nitrogens is 8. The van der Waals surface area contributed by atoms with Crippen LogP contribution in [-0.2, 0) is 4.79 Å². The van der Waals surface area contributed by atoms with E-state index in [2.05, 4.69) is 35.8 Å². The predicted molar refractivity (Wildman–Crippen MR) is 139 cm³/mol. The van der Waals surface area contributed by atoms with Crippen LogP contribution in [0.5, 0.6) is 5.88 Å². The van der Waals surface area contributed by atoms with E-state index in [1.54, 1.807) is 34.9 Å². The molecule has 8 rings (SSSR count). The van der Waals surface area contributed by atoms with E-state index in [0.717, 1.165) is 12.1 Å². The van der Waals surface area contributed by atoms with Gasteiger partial charge in [0.25, 0.3) is 11.5 Å². The van der Waals surface area contributed by atoms with Crippen molar-refractivity contribution in [3.05, 3.63) is 81.6 Å². The fourth-order valence-electron chi connectivity index (χ4n) is 5.75. The number of aromatic amines is 1. The SMILES string of the molecule is O=C1COc2nc(-c3nc(C4C5CC5c5cc(-c6cc(Cl)ccc6-n6cnnn6)cc(=O)n54)[nH]c3F)ccc2N1. The number of ether oxygens (including phenoxy) is 1. The molecule has 198 valence electrons. The average molecular weight is 558 g/mol. The van der Waals surface area contributed by atoms with E-state index in [4.69, 9.17) is 16.3 Å². The molecule has 1 amide bonds. The van der Waals surface area contributed by atoms with Crippen molar-refractivity contribution in [3.8, 4) is 34.1 Å². The molecule has 3 unspecified atom stereocenters. The fraction of sp³-hybridized carbons (Fsp3) is 0.192. The Balaban J connectivity index is 1.19. The third kappa shape index (κ3) is 3.47. The highest BCUT2D eigenvalue weighted by Crippen LogP contribution is 2.60. The average Bonchev–Trinajstić information content (AvgIpc) is 3.24. The van der Waals surface area contributed by atoms with Crippen LogP contribution in [0.25, 0.3) is 28.2 Å². The fourth-order valence-corrected chi connectivity index (χ4v) is 5.92. The smallest absolute Gasteiger partial charge is 0.262 e. The minimum Gasteiger partial charge on any atom is -0.466 e. The van der Waals surface area contributed by atoms with Crippen LogP contribution >= 0.6 is 11.6 Å². The third-order valence-electron chi connectivity index (χ3n) is 7.54. The second kappa shape index (κ2) is 8.29. The van der Waals surface area contributed by atoms with Crippen molar-refractivity contribution in [3.63, 3.8) is 0 Å². The van der Waals surface area contributed by atoms with Gasteiger partial charge in [-0.25, -0.2) is 9.97 Å². The van der Waals surface area contributed by atoms with Gasteiger partial charge < -0.3 is 19.6 Å². The monoisotopic (exact) mass is 557 g/mol. The van der Waals surface area contributed by atoms with Crippen LogP contribution < -0.4 is 15.6 Å². The predicted octanol–water partition coefficient (Wildman–Crippen LogP) is 3.11. The molecule has 3 atom stereocenters. The molecule has 2 N–H and O–H groups in total. The Kier molecular flexibility index (Phi) is 4.77. The number of nitrogens with zero attached hydrogens (tertiary/aromatic N) is 7. The van der Waals surface area contributed by atoms with Crippen LogP contribution in [0.4, 0.5) is 10.1 Å². The van der Waals surface area contributed by atoms with Gasteiger partial charge in [-0.05, 0) is 64.7 Å². The molecular formula is C26H17ClFN9O3. The molecule has 0 saturated heterocycles. The van der Waals surface area contributed by atoms with Gasteiger partial charge in [-0.3, -0.25) is 9.59 Å². The summed E-state index contributed by atoms with van der Waals surface area (Å²) in [6, 6.07) is 11.5. The highest BCUT2D eigenvalue weighted by molar-refractivity contribution is 6.31. The van der Waals surface area contributed by atoms with Crippen molar-refractivity contribution < 1.29 is 13.9 Å². The van der Waals surface area contributed by atoms with Gasteiger partial charge in [-0.2, -0.15) is 9.07 Å². The van der Waals surface area contributed by atoms with E-state index in [1.807, 2.05) is 6.07 Å².